The number of aromatic carboxylic acids is 1. The highest BCUT2D eigenvalue weighted by atomic mass is 19.4. The summed E-state index contributed by atoms with van der Waals surface area (Å²) in [6.07, 6.45) is -4.29. The lowest BCUT2D eigenvalue weighted by Gasteiger charge is -2.10. The molecule has 0 aliphatic heterocycles. The van der Waals surface area contributed by atoms with Crippen LogP contribution in [-0.4, -0.2) is 38.2 Å². The van der Waals surface area contributed by atoms with Crippen LogP contribution in [0.3, 0.4) is 0 Å². The highest BCUT2D eigenvalue weighted by Crippen LogP contribution is 2.33. The Morgan fingerprint density at radius 3 is 2.50 bits per heavy atom. The van der Waals surface area contributed by atoms with Gasteiger partial charge in [0.25, 0.3) is 0 Å². The van der Waals surface area contributed by atoms with Crippen LogP contribution in [0.4, 0.5) is 13.2 Å². The molecule has 1 N–H and O–H groups in total. The number of rotatable bonds is 3. The third-order valence-electron chi connectivity index (χ3n) is 2.32. The lowest BCUT2D eigenvalue weighted by molar-refractivity contribution is -0.143. The van der Waals surface area contributed by atoms with Crippen molar-refractivity contribution in [3.05, 3.63) is 29.6 Å². The number of carboxylic acids is 1. The van der Waals surface area contributed by atoms with Crippen LogP contribution < -0.4 is 4.74 Å². The van der Waals surface area contributed by atoms with E-state index in [1.165, 1.54) is 19.2 Å². The Labute approximate surface area is 109 Å². The minimum Gasteiger partial charge on any atom is -0.480 e. The number of carbonyl (C=O) groups is 1. The molecule has 2 heterocycles. The second kappa shape index (κ2) is 4.79. The third kappa shape index (κ3) is 2.39. The zero-order valence-electron chi connectivity index (χ0n) is 9.92. The SMILES string of the molecule is COc1ccc(-n2ncc(C(=O)O)c2C(F)(F)F)nn1. The van der Waals surface area contributed by atoms with E-state index < -0.39 is 23.4 Å². The lowest BCUT2D eigenvalue weighted by atomic mass is 10.2. The van der Waals surface area contributed by atoms with Gasteiger partial charge in [0.2, 0.25) is 5.88 Å². The first-order chi connectivity index (χ1) is 9.34. The highest BCUT2D eigenvalue weighted by molar-refractivity contribution is 5.89. The van der Waals surface area contributed by atoms with E-state index in [9.17, 15) is 18.0 Å². The van der Waals surface area contributed by atoms with Crippen molar-refractivity contribution in [1.29, 1.82) is 0 Å². The number of methoxy groups -OCH3 is 1. The Kier molecular flexibility index (Phi) is 3.30. The normalized spacial score (nSPS) is 11.4. The standard InChI is InChI=1S/C10H7F3N4O3/c1-20-7-3-2-6(15-16-7)17-8(10(11,12)13)5(4-14-17)9(18)19/h2-4H,1H3,(H,18,19). The van der Waals surface area contributed by atoms with Gasteiger partial charge in [-0.1, -0.05) is 0 Å². The van der Waals surface area contributed by atoms with Crippen LogP contribution in [0, 0.1) is 0 Å². The van der Waals surface area contributed by atoms with E-state index in [-0.39, 0.29) is 11.7 Å². The molecule has 0 radical (unpaired) electrons. The van der Waals surface area contributed by atoms with Crippen molar-refractivity contribution >= 4 is 5.97 Å². The number of aromatic nitrogens is 4. The maximum absolute atomic E-state index is 12.9. The third-order valence-corrected chi connectivity index (χ3v) is 2.32. The number of halogens is 3. The van der Waals surface area contributed by atoms with E-state index in [4.69, 9.17) is 9.84 Å². The zero-order valence-corrected chi connectivity index (χ0v) is 9.92. The van der Waals surface area contributed by atoms with Crippen molar-refractivity contribution in [2.75, 3.05) is 7.11 Å². The van der Waals surface area contributed by atoms with Crippen LogP contribution in [-0.2, 0) is 6.18 Å². The summed E-state index contributed by atoms with van der Waals surface area (Å²) in [5.41, 5.74) is -2.39. The van der Waals surface area contributed by atoms with Gasteiger partial charge in [-0.05, 0) is 6.07 Å². The average Bonchev–Trinajstić information content (AvgIpc) is 2.83. The van der Waals surface area contributed by atoms with Crippen LogP contribution in [0.2, 0.25) is 0 Å². The molecule has 0 aromatic carbocycles. The van der Waals surface area contributed by atoms with Gasteiger partial charge < -0.3 is 9.84 Å². The summed E-state index contributed by atoms with van der Waals surface area (Å²) in [5, 5.41) is 19.2. The molecule has 0 fully saturated rings. The Bertz CT molecular complexity index is 636. The molecule has 0 aliphatic rings. The molecule has 20 heavy (non-hydrogen) atoms. The van der Waals surface area contributed by atoms with Gasteiger partial charge in [0, 0.05) is 6.07 Å². The highest BCUT2D eigenvalue weighted by Gasteiger charge is 2.41. The van der Waals surface area contributed by atoms with Crippen molar-refractivity contribution < 1.29 is 27.8 Å². The molecule has 106 valence electrons. The van der Waals surface area contributed by atoms with Crippen LogP contribution in [0.25, 0.3) is 5.82 Å². The fraction of sp³-hybridized carbons (Fsp3) is 0.200. The molecule has 0 saturated carbocycles. The molecular formula is C10H7F3N4O3. The molecule has 10 heteroatoms. The number of hydrogen-bond acceptors (Lipinski definition) is 5. The summed E-state index contributed by atoms with van der Waals surface area (Å²) in [6, 6.07) is 2.46. The van der Waals surface area contributed by atoms with Gasteiger partial charge in [0.1, 0.15) is 5.56 Å². The molecule has 0 atom stereocenters. The van der Waals surface area contributed by atoms with E-state index in [2.05, 4.69) is 15.3 Å². The maximum atomic E-state index is 12.9. The topological polar surface area (TPSA) is 90.1 Å². The molecule has 0 amide bonds. The van der Waals surface area contributed by atoms with Gasteiger partial charge >= 0.3 is 12.1 Å². The van der Waals surface area contributed by atoms with Crippen molar-refractivity contribution in [1.82, 2.24) is 20.0 Å². The quantitative estimate of drug-likeness (QED) is 0.917. The summed E-state index contributed by atoms with van der Waals surface area (Å²) >= 11 is 0. The molecule has 0 bridgehead atoms. The van der Waals surface area contributed by atoms with Gasteiger partial charge in [0.15, 0.2) is 11.5 Å². The molecule has 0 saturated heterocycles. The first kappa shape index (κ1) is 13.8. The fourth-order valence-electron chi connectivity index (χ4n) is 1.49. The maximum Gasteiger partial charge on any atom is 0.434 e. The molecular weight excluding hydrogens is 281 g/mol. The van der Waals surface area contributed by atoms with E-state index in [0.29, 0.717) is 10.9 Å². The first-order valence-corrected chi connectivity index (χ1v) is 5.11. The molecule has 0 spiro atoms. The van der Waals surface area contributed by atoms with E-state index in [1.807, 2.05) is 0 Å². The first-order valence-electron chi connectivity index (χ1n) is 5.11. The number of ether oxygens (including phenoxy) is 1. The Hall–Kier alpha value is -2.65. The van der Waals surface area contributed by atoms with Gasteiger partial charge in [0.05, 0.1) is 13.3 Å². The van der Waals surface area contributed by atoms with Gasteiger partial charge in [-0.3, -0.25) is 0 Å². The second-order valence-electron chi connectivity index (χ2n) is 3.56. The van der Waals surface area contributed by atoms with E-state index >= 15 is 0 Å². The van der Waals surface area contributed by atoms with Gasteiger partial charge in [-0.2, -0.15) is 18.3 Å². The molecule has 0 unspecified atom stereocenters. The summed E-state index contributed by atoms with van der Waals surface area (Å²) in [7, 11) is 1.32. The van der Waals surface area contributed by atoms with Crippen molar-refractivity contribution in [2.24, 2.45) is 0 Å². The molecule has 7 nitrogen and oxygen atoms in total. The van der Waals surface area contributed by atoms with E-state index in [1.54, 1.807) is 0 Å². The second-order valence-corrected chi connectivity index (χ2v) is 3.56. The average molecular weight is 288 g/mol. The predicted octanol–water partition coefficient (Wildman–Crippen LogP) is 1.39. The lowest BCUT2D eigenvalue weighted by Crippen LogP contribution is -2.18. The Morgan fingerprint density at radius 1 is 1.35 bits per heavy atom. The summed E-state index contributed by atoms with van der Waals surface area (Å²) < 4.78 is 43.9. The summed E-state index contributed by atoms with van der Waals surface area (Å²) in [6.45, 7) is 0. The summed E-state index contributed by atoms with van der Waals surface area (Å²) in [4.78, 5) is 10.8. The fourth-order valence-corrected chi connectivity index (χ4v) is 1.49. The van der Waals surface area contributed by atoms with Crippen LogP contribution >= 0.6 is 0 Å². The van der Waals surface area contributed by atoms with Crippen LogP contribution in [0.15, 0.2) is 18.3 Å². The van der Waals surface area contributed by atoms with E-state index in [0.717, 1.165) is 0 Å². The zero-order chi connectivity index (χ0) is 14.9. The molecule has 2 rings (SSSR count). The number of alkyl halides is 3. The summed E-state index contributed by atoms with van der Waals surface area (Å²) in [5.74, 6) is -1.90. The monoisotopic (exact) mass is 288 g/mol. The minimum absolute atomic E-state index is 0.105. The number of hydrogen-bond donors (Lipinski definition) is 1. The van der Waals surface area contributed by atoms with Gasteiger partial charge in [-0.25, -0.2) is 9.48 Å². The van der Waals surface area contributed by atoms with Crippen LogP contribution in [0.5, 0.6) is 5.88 Å². The largest absolute Gasteiger partial charge is 0.480 e. The predicted molar refractivity (Wildman–Crippen MR) is 57.7 cm³/mol. The Morgan fingerprint density at radius 2 is 2.05 bits per heavy atom. The van der Waals surface area contributed by atoms with Gasteiger partial charge in [-0.15, -0.1) is 10.2 Å². The number of nitrogens with zero attached hydrogens (tertiary/aromatic N) is 4. The van der Waals surface area contributed by atoms with Crippen LogP contribution in [0.1, 0.15) is 16.1 Å². The molecule has 2 aromatic rings. The van der Waals surface area contributed by atoms with Crippen molar-refractivity contribution in [3.63, 3.8) is 0 Å². The number of carboxylic acid groups (broad SMARTS) is 1. The smallest absolute Gasteiger partial charge is 0.434 e. The minimum atomic E-state index is -4.90. The van der Waals surface area contributed by atoms with Crippen molar-refractivity contribution in [3.8, 4) is 11.7 Å². The Balaban J connectivity index is 2.59. The molecule has 0 aliphatic carbocycles. The molecule has 2 aromatic heterocycles. The van der Waals surface area contributed by atoms with Crippen molar-refractivity contribution in [2.45, 2.75) is 6.18 Å².